The molecular formula is C31H35N7O4. The fourth-order valence-electron chi connectivity index (χ4n) is 6.45. The number of nitriles is 1. The quantitative estimate of drug-likeness (QED) is 0.457. The van der Waals surface area contributed by atoms with Crippen LogP contribution in [0.5, 0.6) is 6.01 Å². The minimum Gasteiger partial charge on any atom is -0.465 e. The summed E-state index contributed by atoms with van der Waals surface area (Å²) in [6, 6.07) is 16.8. The lowest BCUT2D eigenvalue weighted by Crippen LogP contribution is -2.55. The molecule has 4 heterocycles. The van der Waals surface area contributed by atoms with Gasteiger partial charge in [-0.15, -0.1) is 0 Å². The standard InChI is InChI=1S/C31H35N7O4/c32-12-8-22-17-37(14-15-38(22)30(39)40)28-25-9-13-36(27-7-3-5-21-4-1-2-6-24(21)27)18-26(25)34-29(35-28)41-19-23-16-33-31(10-11-31)20-42-23/h1-7,22-23,33H,8-11,13-20H2,(H,39,40). The van der Waals surface area contributed by atoms with Crippen molar-refractivity contribution in [2.24, 2.45) is 0 Å². The second-order valence-electron chi connectivity index (χ2n) is 11.8. The van der Waals surface area contributed by atoms with Crippen LogP contribution >= 0.6 is 0 Å². The molecule has 218 valence electrons. The van der Waals surface area contributed by atoms with Crippen molar-refractivity contribution in [2.75, 3.05) is 55.7 Å². The Morgan fingerprint density at radius 2 is 2.00 bits per heavy atom. The van der Waals surface area contributed by atoms with E-state index in [9.17, 15) is 15.2 Å². The van der Waals surface area contributed by atoms with Gasteiger partial charge in [-0.1, -0.05) is 36.4 Å². The van der Waals surface area contributed by atoms with E-state index in [-0.39, 0.29) is 18.1 Å². The van der Waals surface area contributed by atoms with E-state index < -0.39 is 12.1 Å². The molecule has 4 aliphatic rings. The third-order valence-electron chi connectivity index (χ3n) is 9.04. The maximum atomic E-state index is 11.8. The molecule has 3 aromatic rings. The summed E-state index contributed by atoms with van der Waals surface area (Å²) in [5.74, 6) is 0.778. The number of ether oxygens (including phenoxy) is 2. The van der Waals surface area contributed by atoms with Crippen molar-refractivity contribution in [3.63, 3.8) is 0 Å². The van der Waals surface area contributed by atoms with Gasteiger partial charge in [0.15, 0.2) is 0 Å². The molecule has 7 rings (SSSR count). The van der Waals surface area contributed by atoms with Crippen LogP contribution in [0.1, 0.15) is 30.5 Å². The van der Waals surface area contributed by atoms with Crippen molar-refractivity contribution in [2.45, 2.75) is 49.9 Å². The van der Waals surface area contributed by atoms with Gasteiger partial charge in [0, 0.05) is 54.9 Å². The van der Waals surface area contributed by atoms with E-state index in [4.69, 9.17) is 19.4 Å². The Labute approximate surface area is 244 Å². The van der Waals surface area contributed by atoms with Crippen LogP contribution in [0.3, 0.4) is 0 Å². The number of piperazine rings is 1. The van der Waals surface area contributed by atoms with Gasteiger partial charge in [-0.05, 0) is 30.7 Å². The number of fused-ring (bicyclic) bond motifs is 2. The average Bonchev–Trinajstić information content (AvgIpc) is 3.78. The minimum atomic E-state index is -0.997. The largest absolute Gasteiger partial charge is 0.465 e. The van der Waals surface area contributed by atoms with Crippen LogP contribution < -0.4 is 19.9 Å². The van der Waals surface area contributed by atoms with Gasteiger partial charge in [0.1, 0.15) is 18.5 Å². The highest BCUT2D eigenvalue weighted by atomic mass is 16.5. The Bertz CT molecular complexity index is 1520. The van der Waals surface area contributed by atoms with Crippen LogP contribution in [0, 0.1) is 11.3 Å². The molecule has 0 radical (unpaired) electrons. The zero-order chi connectivity index (χ0) is 28.7. The first-order valence-electron chi connectivity index (χ1n) is 14.8. The Morgan fingerprint density at radius 3 is 2.79 bits per heavy atom. The molecule has 2 saturated heterocycles. The Morgan fingerprint density at radius 1 is 1.14 bits per heavy atom. The molecule has 2 aromatic carbocycles. The number of nitrogens with zero attached hydrogens (tertiary/aromatic N) is 6. The highest BCUT2D eigenvalue weighted by Gasteiger charge is 2.46. The molecule has 2 N–H and O–H groups in total. The molecule has 2 unspecified atom stereocenters. The predicted octanol–water partition coefficient (Wildman–Crippen LogP) is 3.17. The summed E-state index contributed by atoms with van der Waals surface area (Å²) in [7, 11) is 0. The van der Waals surface area contributed by atoms with Crippen molar-refractivity contribution >= 4 is 28.4 Å². The molecule has 3 aliphatic heterocycles. The van der Waals surface area contributed by atoms with Crippen molar-refractivity contribution in [3.05, 3.63) is 53.7 Å². The minimum absolute atomic E-state index is 0.0781. The van der Waals surface area contributed by atoms with Crippen molar-refractivity contribution in [1.29, 1.82) is 5.26 Å². The third kappa shape index (κ3) is 5.16. The topological polar surface area (TPSA) is 127 Å². The van der Waals surface area contributed by atoms with Gasteiger partial charge in [-0.25, -0.2) is 4.79 Å². The van der Waals surface area contributed by atoms with Crippen molar-refractivity contribution < 1.29 is 19.4 Å². The number of anilines is 2. The Kier molecular flexibility index (Phi) is 6.96. The van der Waals surface area contributed by atoms with E-state index in [2.05, 4.69) is 63.7 Å². The van der Waals surface area contributed by atoms with Gasteiger partial charge in [0.05, 0.1) is 37.4 Å². The van der Waals surface area contributed by atoms with E-state index in [1.54, 1.807) is 0 Å². The fourth-order valence-corrected chi connectivity index (χ4v) is 6.45. The number of aromatic nitrogens is 2. The summed E-state index contributed by atoms with van der Waals surface area (Å²) in [6.07, 6.45) is 2.12. The molecule has 1 amide bonds. The number of hydrogen-bond acceptors (Lipinski definition) is 9. The molecule has 42 heavy (non-hydrogen) atoms. The van der Waals surface area contributed by atoms with Crippen molar-refractivity contribution in [1.82, 2.24) is 20.2 Å². The van der Waals surface area contributed by atoms with Gasteiger partial charge < -0.3 is 34.6 Å². The Hall–Kier alpha value is -4.14. The first kappa shape index (κ1) is 26.7. The highest BCUT2D eigenvalue weighted by molar-refractivity contribution is 5.94. The number of morpholine rings is 1. The zero-order valence-corrected chi connectivity index (χ0v) is 23.5. The van der Waals surface area contributed by atoms with E-state index in [1.807, 2.05) is 0 Å². The van der Waals surface area contributed by atoms with E-state index >= 15 is 0 Å². The summed E-state index contributed by atoms with van der Waals surface area (Å²) in [5, 5.41) is 25.1. The predicted molar refractivity (Wildman–Crippen MR) is 157 cm³/mol. The molecule has 3 fully saturated rings. The van der Waals surface area contributed by atoms with E-state index in [1.165, 1.54) is 21.4 Å². The number of rotatable bonds is 6. The number of carboxylic acid groups (broad SMARTS) is 1. The summed E-state index contributed by atoms with van der Waals surface area (Å²) in [5.41, 5.74) is 3.31. The monoisotopic (exact) mass is 569 g/mol. The molecule has 1 spiro atoms. The van der Waals surface area contributed by atoms with E-state index in [0.717, 1.165) is 49.4 Å². The highest BCUT2D eigenvalue weighted by Crippen LogP contribution is 2.38. The number of amides is 1. The zero-order valence-electron chi connectivity index (χ0n) is 23.5. The van der Waals surface area contributed by atoms with Crippen LogP contribution in [0.2, 0.25) is 0 Å². The summed E-state index contributed by atoms with van der Waals surface area (Å²) < 4.78 is 12.3. The van der Waals surface area contributed by atoms with Gasteiger partial charge >= 0.3 is 12.1 Å². The van der Waals surface area contributed by atoms with Gasteiger partial charge in [-0.2, -0.15) is 15.2 Å². The lowest BCUT2D eigenvalue weighted by atomic mass is 10.0. The van der Waals surface area contributed by atoms with Crippen LogP contribution in [0.25, 0.3) is 10.8 Å². The number of hydrogen-bond donors (Lipinski definition) is 2. The Balaban J connectivity index is 1.18. The van der Waals surface area contributed by atoms with E-state index in [0.29, 0.717) is 45.4 Å². The smallest absolute Gasteiger partial charge is 0.407 e. The van der Waals surface area contributed by atoms with Crippen LogP contribution in [-0.2, 0) is 17.7 Å². The maximum absolute atomic E-state index is 11.8. The van der Waals surface area contributed by atoms with Gasteiger partial charge in [-0.3, -0.25) is 0 Å². The average molecular weight is 570 g/mol. The van der Waals surface area contributed by atoms with Crippen LogP contribution in [0.15, 0.2) is 42.5 Å². The third-order valence-corrected chi connectivity index (χ3v) is 9.04. The molecule has 0 bridgehead atoms. The molecule has 1 aromatic heterocycles. The number of nitrogens with one attached hydrogen (secondary N) is 1. The summed E-state index contributed by atoms with van der Waals surface area (Å²) in [4.78, 5) is 27.5. The SMILES string of the molecule is N#CCC1CN(c2nc(OCC3CNC4(CC4)CO3)nc3c2CCN(c2cccc4ccccc24)C3)CCN1C(=O)O. The summed E-state index contributed by atoms with van der Waals surface area (Å²) in [6.45, 7) is 4.38. The van der Waals surface area contributed by atoms with Crippen LogP contribution in [0.4, 0.5) is 16.3 Å². The second-order valence-corrected chi connectivity index (χ2v) is 11.8. The van der Waals surface area contributed by atoms with Crippen molar-refractivity contribution in [3.8, 4) is 12.1 Å². The lowest BCUT2D eigenvalue weighted by molar-refractivity contribution is -0.0274. The molecule has 2 atom stereocenters. The molecule has 1 aliphatic carbocycles. The van der Waals surface area contributed by atoms with Gasteiger partial charge in [0.2, 0.25) is 0 Å². The van der Waals surface area contributed by atoms with Crippen LogP contribution in [-0.4, -0.2) is 89.7 Å². The van der Waals surface area contributed by atoms with Gasteiger partial charge in [0.25, 0.3) is 0 Å². The normalized spacial score (nSPS) is 23.0. The first-order valence-corrected chi connectivity index (χ1v) is 14.8. The second kappa shape index (κ2) is 10.9. The molecule has 11 heteroatoms. The summed E-state index contributed by atoms with van der Waals surface area (Å²) >= 11 is 0. The molecular weight excluding hydrogens is 534 g/mol. The lowest BCUT2D eigenvalue weighted by Gasteiger charge is -2.41. The molecule has 11 nitrogen and oxygen atoms in total. The number of carbonyl (C=O) groups is 1. The number of benzene rings is 2. The fraction of sp³-hybridized carbons (Fsp3) is 0.484. The maximum Gasteiger partial charge on any atom is 0.407 e. The first-order chi connectivity index (χ1) is 20.5. The molecule has 1 saturated carbocycles.